The lowest BCUT2D eigenvalue weighted by Crippen LogP contribution is -1.94. The molecule has 0 radical (unpaired) electrons. The van der Waals surface area contributed by atoms with Crippen molar-refractivity contribution in [3.8, 4) is 11.9 Å². The first-order chi connectivity index (χ1) is 5.70. The Kier molecular flexibility index (Phi) is 2.66. The second kappa shape index (κ2) is 3.55. The van der Waals surface area contributed by atoms with Crippen LogP contribution in [0.4, 0.5) is 0 Å². The molecule has 0 atom stereocenters. The number of ether oxygens (including phenoxy) is 1. The lowest BCUT2D eigenvalue weighted by atomic mass is 10.2. The highest BCUT2D eigenvalue weighted by Gasteiger charge is 2.08. The second-order valence-electron chi connectivity index (χ2n) is 2.23. The SMILES string of the molecule is COc1ncc(Br)c(C#N)c1C. The first-order valence-electron chi connectivity index (χ1n) is 3.30. The Morgan fingerprint density at radius 1 is 1.67 bits per heavy atom. The van der Waals surface area contributed by atoms with Crippen molar-refractivity contribution in [3.05, 3.63) is 21.8 Å². The second-order valence-corrected chi connectivity index (χ2v) is 3.08. The van der Waals surface area contributed by atoms with Gasteiger partial charge in [0.25, 0.3) is 0 Å². The zero-order valence-electron chi connectivity index (χ0n) is 6.76. The van der Waals surface area contributed by atoms with Crippen molar-refractivity contribution in [3.63, 3.8) is 0 Å². The first-order valence-corrected chi connectivity index (χ1v) is 4.09. The van der Waals surface area contributed by atoms with Gasteiger partial charge in [-0.3, -0.25) is 0 Å². The summed E-state index contributed by atoms with van der Waals surface area (Å²) in [4.78, 5) is 3.98. The Hall–Kier alpha value is -1.08. The van der Waals surface area contributed by atoms with E-state index in [-0.39, 0.29) is 0 Å². The van der Waals surface area contributed by atoms with Crippen LogP contribution in [0.1, 0.15) is 11.1 Å². The summed E-state index contributed by atoms with van der Waals surface area (Å²) in [6.07, 6.45) is 1.56. The third-order valence-corrected chi connectivity index (χ3v) is 2.14. The van der Waals surface area contributed by atoms with Gasteiger partial charge in [0.05, 0.1) is 17.1 Å². The zero-order valence-corrected chi connectivity index (χ0v) is 8.34. The van der Waals surface area contributed by atoms with Crippen LogP contribution in [0.3, 0.4) is 0 Å². The molecule has 4 heteroatoms. The molecular formula is C8H7BrN2O. The van der Waals surface area contributed by atoms with Crippen LogP contribution in [0.5, 0.6) is 5.88 Å². The Morgan fingerprint density at radius 2 is 2.33 bits per heavy atom. The summed E-state index contributed by atoms with van der Waals surface area (Å²) in [5.41, 5.74) is 1.33. The third kappa shape index (κ3) is 1.41. The summed E-state index contributed by atoms with van der Waals surface area (Å²) < 4.78 is 5.66. The molecule has 0 aliphatic carbocycles. The molecule has 0 aliphatic heterocycles. The first kappa shape index (κ1) is 9.01. The Labute approximate surface area is 79.1 Å². The number of halogens is 1. The van der Waals surface area contributed by atoms with Crippen molar-refractivity contribution in [1.82, 2.24) is 4.98 Å². The molecule has 1 aromatic heterocycles. The van der Waals surface area contributed by atoms with E-state index >= 15 is 0 Å². The molecule has 3 nitrogen and oxygen atoms in total. The molecule has 62 valence electrons. The topological polar surface area (TPSA) is 45.9 Å². The van der Waals surface area contributed by atoms with Gasteiger partial charge in [0.1, 0.15) is 6.07 Å². The summed E-state index contributed by atoms with van der Waals surface area (Å²) in [6, 6.07) is 2.07. The Balaban J connectivity index is 3.36. The van der Waals surface area contributed by atoms with Gasteiger partial charge in [0, 0.05) is 11.8 Å². The minimum absolute atomic E-state index is 0.495. The lowest BCUT2D eigenvalue weighted by molar-refractivity contribution is 0.394. The van der Waals surface area contributed by atoms with Crippen LogP contribution >= 0.6 is 15.9 Å². The molecule has 0 saturated carbocycles. The fourth-order valence-corrected chi connectivity index (χ4v) is 1.39. The van der Waals surface area contributed by atoms with E-state index in [0.29, 0.717) is 15.9 Å². The van der Waals surface area contributed by atoms with Gasteiger partial charge in [0.15, 0.2) is 0 Å². The van der Waals surface area contributed by atoms with Crippen LogP contribution in [0, 0.1) is 18.3 Å². The van der Waals surface area contributed by atoms with E-state index in [9.17, 15) is 0 Å². The van der Waals surface area contributed by atoms with Gasteiger partial charge in [-0.05, 0) is 22.9 Å². The van der Waals surface area contributed by atoms with Gasteiger partial charge in [-0.25, -0.2) is 4.98 Å². The van der Waals surface area contributed by atoms with Crippen LogP contribution in [0.15, 0.2) is 10.7 Å². The number of rotatable bonds is 1. The maximum atomic E-state index is 8.76. The fourth-order valence-electron chi connectivity index (χ4n) is 0.906. The van der Waals surface area contributed by atoms with E-state index in [0.717, 1.165) is 5.56 Å². The maximum Gasteiger partial charge on any atom is 0.217 e. The van der Waals surface area contributed by atoms with E-state index in [2.05, 4.69) is 27.0 Å². The van der Waals surface area contributed by atoms with Gasteiger partial charge in [-0.2, -0.15) is 5.26 Å². The van der Waals surface area contributed by atoms with Gasteiger partial charge in [0.2, 0.25) is 5.88 Å². The third-order valence-electron chi connectivity index (χ3n) is 1.53. The van der Waals surface area contributed by atoms with Crippen molar-refractivity contribution in [2.45, 2.75) is 6.92 Å². The van der Waals surface area contributed by atoms with E-state index in [4.69, 9.17) is 10.00 Å². The standard InChI is InChI=1S/C8H7BrN2O/c1-5-6(3-10)7(9)4-11-8(5)12-2/h4H,1-2H3. The smallest absolute Gasteiger partial charge is 0.217 e. The average molecular weight is 227 g/mol. The largest absolute Gasteiger partial charge is 0.481 e. The molecule has 0 unspecified atom stereocenters. The summed E-state index contributed by atoms with van der Waals surface area (Å²) in [5.74, 6) is 0.495. The number of nitriles is 1. The van der Waals surface area contributed by atoms with Gasteiger partial charge >= 0.3 is 0 Å². The molecule has 0 bridgehead atoms. The van der Waals surface area contributed by atoms with E-state index < -0.39 is 0 Å². The number of aromatic nitrogens is 1. The minimum Gasteiger partial charge on any atom is -0.481 e. The molecule has 0 aliphatic rings. The normalized spacial score (nSPS) is 9.17. The number of hydrogen-bond acceptors (Lipinski definition) is 3. The molecule has 0 amide bonds. The average Bonchev–Trinajstić information content (AvgIpc) is 2.06. The van der Waals surface area contributed by atoms with Gasteiger partial charge < -0.3 is 4.74 Å². The van der Waals surface area contributed by atoms with Crippen LogP contribution < -0.4 is 4.74 Å². The molecule has 0 saturated heterocycles. The highest BCUT2D eigenvalue weighted by molar-refractivity contribution is 9.10. The predicted octanol–water partition coefficient (Wildman–Crippen LogP) is 2.03. The predicted molar refractivity (Wildman–Crippen MR) is 47.9 cm³/mol. The Morgan fingerprint density at radius 3 is 2.83 bits per heavy atom. The van der Waals surface area contributed by atoms with Crippen LogP contribution in [-0.2, 0) is 0 Å². The summed E-state index contributed by atoms with van der Waals surface area (Å²) in [7, 11) is 1.53. The van der Waals surface area contributed by atoms with Crippen LogP contribution in [0.2, 0.25) is 0 Å². The molecule has 1 heterocycles. The number of pyridine rings is 1. The molecule has 12 heavy (non-hydrogen) atoms. The van der Waals surface area contributed by atoms with Crippen LogP contribution in [-0.4, -0.2) is 12.1 Å². The highest BCUT2D eigenvalue weighted by Crippen LogP contribution is 2.24. The van der Waals surface area contributed by atoms with Crippen molar-refractivity contribution >= 4 is 15.9 Å². The monoisotopic (exact) mass is 226 g/mol. The minimum atomic E-state index is 0.495. The van der Waals surface area contributed by atoms with Crippen molar-refractivity contribution in [2.75, 3.05) is 7.11 Å². The van der Waals surface area contributed by atoms with Crippen LogP contribution in [0.25, 0.3) is 0 Å². The molecule has 0 fully saturated rings. The number of hydrogen-bond donors (Lipinski definition) is 0. The Bertz CT molecular complexity index is 344. The summed E-state index contributed by atoms with van der Waals surface area (Å²) in [6.45, 7) is 1.80. The molecule has 0 N–H and O–H groups in total. The molecule has 1 aromatic rings. The van der Waals surface area contributed by atoms with Crippen molar-refractivity contribution in [1.29, 1.82) is 5.26 Å². The number of nitrogens with zero attached hydrogens (tertiary/aromatic N) is 2. The summed E-state index contributed by atoms with van der Waals surface area (Å²) >= 11 is 3.23. The maximum absolute atomic E-state index is 8.76. The van der Waals surface area contributed by atoms with E-state index in [1.54, 1.807) is 13.1 Å². The van der Waals surface area contributed by atoms with Gasteiger partial charge in [-0.15, -0.1) is 0 Å². The van der Waals surface area contributed by atoms with E-state index in [1.165, 1.54) is 7.11 Å². The fraction of sp³-hybridized carbons (Fsp3) is 0.250. The van der Waals surface area contributed by atoms with Crippen molar-refractivity contribution in [2.24, 2.45) is 0 Å². The quantitative estimate of drug-likeness (QED) is 0.737. The summed E-state index contributed by atoms with van der Waals surface area (Å²) in [5, 5.41) is 8.76. The molecule has 1 rings (SSSR count). The molecule has 0 spiro atoms. The lowest BCUT2D eigenvalue weighted by Gasteiger charge is -2.04. The molecular weight excluding hydrogens is 220 g/mol. The van der Waals surface area contributed by atoms with Gasteiger partial charge in [-0.1, -0.05) is 0 Å². The zero-order chi connectivity index (χ0) is 9.14. The van der Waals surface area contributed by atoms with Crippen molar-refractivity contribution < 1.29 is 4.74 Å². The highest BCUT2D eigenvalue weighted by atomic mass is 79.9. The van der Waals surface area contributed by atoms with E-state index in [1.807, 2.05) is 0 Å². The number of methoxy groups -OCH3 is 1. The molecule has 0 aromatic carbocycles.